The van der Waals surface area contributed by atoms with E-state index in [1.807, 2.05) is 0 Å². The molecule has 1 saturated carbocycles. The number of hydrogen-bond acceptors (Lipinski definition) is 8. The van der Waals surface area contributed by atoms with Crippen LogP contribution in [0.3, 0.4) is 0 Å². The summed E-state index contributed by atoms with van der Waals surface area (Å²) in [5.74, 6) is 0.711. The molecule has 2 amide bonds. The lowest BCUT2D eigenvalue weighted by Crippen LogP contribution is -2.51. The fraction of sp³-hybridized carbons (Fsp3) is 0.682. The summed E-state index contributed by atoms with van der Waals surface area (Å²) in [7, 11) is -3.56. The topological polar surface area (TPSA) is 103 Å². The van der Waals surface area contributed by atoms with Gasteiger partial charge in [0.05, 0.1) is 25.3 Å². The van der Waals surface area contributed by atoms with Crippen LogP contribution in [0.1, 0.15) is 32.1 Å². The fourth-order valence-corrected chi connectivity index (χ4v) is 6.77. The van der Waals surface area contributed by atoms with Gasteiger partial charge in [-0.05, 0) is 25.0 Å². The third-order valence-corrected chi connectivity index (χ3v) is 9.30. The van der Waals surface area contributed by atoms with E-state index in [1.165, 1.54) is 15.4 Å². The van der Waals surface area contributed by atoms with E-state index in [0.29, 0.717) is 65.6 Å². The van der Waals surface area contributed by atoms with Crippen molar-refractivity contribution in [3.63, 3.8) is 0 Å². The molecule has 1 aromatic rings. The molecule has 3 saturated heterocycles. The molecule has 0 unspecified atom stereocenters. The van der Waals surface area contributed by atoms with Crippen molar-refractivity contribution in [1.29, 1.82) is 0 Å². The van der Waals surface area contributed by atoms with Crippen LogP contribution in [0.5, 0.6) is 0 Å². The SMILES string of the molecule is O=C1CC2(CCCC2)C(=O)N1CN1CCN(c2ccc(S(=O)(=O)N3CCOCC3)cn2)CC1. The molecule has 10 nitrogen and oxygen atoms in total. The number of pyridine rings is 1. The Bertz CT molecular complexity index is 995. The monoisotopic (exact) mass is 477 g/mol. The van der Waals surface area contributed by atoms with E-state index in [4.69, 9.17) is 4.74 Å². The van der Waals surface area contributed by atoms with E-state index in [1.54, 1.807) is 12.1 Å². The number of anilines is 1. The van der Waals surface area contributed by atoms with Gasteiger partial charge in [0.15, 0.2) is 0 Å². The smallest absolute Gasteiger partial charge is 0.244 e. The number of amides is 2. The van der Waals surface area contributed by atoms with Gasteiger partial charge in [0, 0.05) is 51.9 Å². The normalized spacial score (nSPS) is 24.8. The second-order valence-corrected chi connectivity index (χ2v) is 11.3. The maximum atomic E-state index is 12.9. The average Bonchev–Trinajstić information content (AvgIpc) is 3.40. The molecule has 0 N–H and O–H groups in total. The first-order chi connectivity index (χ1) is 15.9. The number of carbonyl (C=O) groups excluding carboxylic acids is 2. The van der Waals surface area contributed by atoms with Crippen molar-refractivity contribution in [3.05, 3.63) is 18.3 Å². The number of piperazine rings is 1. The lowest BCUT2D eigenvalue weighted by Gasteiger charge is -2.37. The Hall–Kier alpha value is -2.08. The van der Waals surface area contributed by atoms with Crippen molar-refractivity contribution in [2.24, 2.45) is 5.41 Å². The van der Waals surface area contributed by atoms with Gasteiger partial charge in [-0.25, -0.2) is 13.4 Å². The Morgan fingerprint density at radius 3 is 2.30 bits per heavy atom. The highest BCUT2D eigenvalue weighted by atomic mass is 32.2. The van der Waals surface area contributed by atoms with Gasteiger partial charge in [-0.1, -0.05) is 12.8 Å². The first kappa shape index (κ1) is 22.7. The van der Waals surface area contributed by atoms with Crippen molar-refractivity contribution in [1.82, 2.24) is 19.1 Å². The second kappa shape index (κ2) is 8.94. The molecule has 1 aromatic heterocycles. The largest absolute Gasteiger partial charge is 0.379 e. The van der Waals surface area contributed by atoms with E-state index >= 15 is 0 Å². The Labute approximate surface area is 194 Å². The Balaban J connectivity index is 1.17. The van der Waals surface area contributed by atoms with Crippen LogP contribution < -0.4 is 4.90 Å². The zero-order chi connectivity index (χ0) is 23.1. The molecule has 4 aliphatic rings. The molecule has 4 fully saturated rings. The van der Waals surface area contributed by atoms with Crippen LogP contribution in [0.25, 0.3) is 0 Å². The van der Waals surface area contributed by atoms with Gasteiger partial charge in [0.1, 0.15) is 10.7 Å². The molecule has 33 heavy (non-hydrogen) atoms. The molecule has 0 aromatic carbocycles. The number of nitrogens with zero attached hydrogens (tertiary/aromatic N) is 5. The van der Waals surface area contributed by atoms with Crippen LogP contribution in [0.15, 0.2) is 23.2 Å². The van der Waals surface area contributed by atoms with E-state index in [2.05, 4.69) is 14.8 Å². The predicted molar refractivity (Wildman–Crippen MR) is 120 cm³/mol. The summed E-state index contributed by atoms with van der Waals surface area (Å²) in [6.07, 6.45) is 5.54. The van der Waals surface area contributed by atoms with Crippen molar-refractivity contribution in [2.75, 3.05) is 64.1 Å². The highest BCUT2D eigenvalue weighted by molar-refractivity contribution is 7.89. The zero-order valence-corrected chi connectivity index (χ0v) is 19.6. The molecule has 0 atom stereocenters. The molecule has 0 radical (unpaired) electrons. The summed E-state index contributed by atoms with van der Waals surface area (Å²) >= 11 is 0. The van der Waals surface area contributed by atoms with Crippen LogP contribution in [0, 0.1) is 5.41 Å². The minimum absolute atomic E-state index is 0.0196. The Morgan fingerprint density at radius 2 is 1.67 bits per heavy atom. The Kier molecular flexibility index (Phi) is 6.15. The number of imide groups is 1. The van der Waals surface area contributed by atoms with Crippen LogP contribution in [0.2, 0.25) is 0 Å². The number of sulfonamides is 1. The molecular formula is C22H31N5O5S. The molecule has 5 rings (SSSR count). The number of carbonyl (C=O) groups is 2. The molecule has 0 bridgehead atoms. The number of rotatable bonds is 5. The standard InChI is InChI=1S/C22H31N5O5S/c28-20-15-22(5-1-2-6-22)21(29)27(20)17-24-7-9-25(10-8-24)19-4-3-18(16-23-19)33(30,31)26-11-13-32-14-12-26/h3-4,16H,1-2,5-15,17H2. The lowest BCUT2D eigenvalue weighted by molar-refractivity contribution is -0.143. The van der Waals surface area contributed by atoms with Crippen LogP contribution >= 0.6 is 0 Å². The van der Waals surface area contributed by atoms with Gasteiger partial charge in [-0.15, -0.1) is 0 Å². The Morgan fingerprint density at radius 1 is 0.970 bits per heavy atom. The minimum Gasteiger partial charge on any atom is -0.379 e. The maximum absolute atomic E-state index is 12.9. The molecule has 1 aliphatic carbocycles. The quantitative estimate of drug-likeness (QED) is 0.565. The van der Waals surface area contributed by atoms with E-state index in [0.717, 1.165) is 31.5 Å². The first-order valence-electron chi connectivity index (χ1n) is 11.8. The molecular weight excluding hydrogens is 446 g/mol. The third kappa shape index (κ3) is 4.27. The number of hydrogen-bond donors (Lipinski definition) is 0. The predicted octanol–water partition coefficient (Wildman–Crippen LogP) is 0.501. The van der Waals surface area contributed by atoms with Crippen molar-refractivity contribution in [3.8, 4) is 0 Å². The summed E-state index contributed by atoms with van der Waals surface area (Å²) in [6, 6.07) is 3.36. The van der Waals surface area contributed by atoms with Gasteiger partial charge in [0.25, 0.3) is 0 Å². The third-order valence-electron chi connectivity index (χ3n) is 7.42. The number of ether oxygens (including phenoxy) is 1. The molecule has 3 aliphatic heterocycles. The molecule has 11 heteroatoms. The van der Waals surface area contributed by atoms with Crippen molar-refractivity contribution < 1.29 is 22.7 Å². The summed E-state index contributed by atoms with van der Waals surface area (Å²) in [6.45, 7) is 4.70. The van der Waals surface area contributed by atoms with Gasteiger partial charge in [0.2, 0.25) is 21.8 Å². The van der Waals surface area contributed by atoms with Crippen molar-refractivity contribution in [2.45, 2.75) is 37.0 Å². The van der Waals surface area contributed by atoms with E-state index < -0.39 is 15.4 Å². The van der Waals surface area contributed by atoms with Gasteiger partial charge >= 0.3 is 0 Å². The first-order valence-corrected chi connectivity index (χ1v) is 13.2. The highest BCUT2D eigenvalue weighted by Gasteiger charge is 2.52. The molecule has 4 heterocycles. The van der Waals surface area contributed by atoms with Crippen LogP contribution in [-0.4, -0.2) is 98.5 Å². The lowest BCUT2D eigenvalue weighted by atomic mass is 9.85. The minimum atomic E-state index is -3.56. The summed E-state index contributed by atoms with van der Waals surface area (Å²) in [5, 5.41) is 0. The van der Waals surface area contributed by atoms with E-state index in [-0.39, 0.29) is 16.7 Å². The van der Waals surface area contributed by atoms with Crippen LogP contribution in [-0.2, 0) is 24.3 Å². The van der Waals surface area contributed by atoms with Gasteiger partial charge < -0.3 is 9.64 Å². The van der Waals surface area contributed by atoms with Gasteiger partial charge in [-0.3, -0.25) is 19.4 Å². The average molecular weight is 478 g/mol. The van der Waals surface area contributed by atoms with E-state index in [9.17, 15) is 18.0 Å². The molecule has 1 spiro atoms. The highest BCUT2D eigenvalue weighted by Crippen LogP contribution is 2.46. The summed E-state index contributed by atoms with van der Waals surface area (Å²) in [5.41, 5.74) is -0.424. The summed E-state index contributed by atoms with van der Waals surface area (Å²) < 4.78 is 32.2. The number of aromatic nitrogens is 1. The zero-order valence-electron chi connectivity index (χ0n) is 18.8. The second-order valence-electron chi connectivity index (χ2n) is 9.41. The fourth-order valence-electron chi connectivity index (χ4n) is 5.41. The maximum Gasteiger partial charge on any atom is 0.244 e. The molecule has 180 valence electrons. The summed E-state index contributed by atoms with van der Waals surface area (Å²) in [4.78, 5) is 35.8. The van der Waals surface area contributed by atoms with Crippen molar-refractivity contribution >= 4 is 27.7 Å². The number of likely N-dealkylation sites (tertiary alicyclic amines) is 1. The number of morpholine rings is 1. The van der Waals surface area contributed by atoms with Crippen LogP contribution in [0.4, 0.5) is 5.82 Å². The van der Waals surface area contributed by atoms with Gasteiger partial charge in [-0.2, -0.15) is 4.31 Å².